The summed E-state index contributed by atoms with van der Waals surface area (Å²) in [7, 11) is 0. The van der Waals surface area contributed by atoms with Crippen LogP contribution in [0.2, 0.25) is 0 Å². The zero-order valence-electron chi connectivity index (χ0n) is 8.08. The molecule has 1 saturated heterocycles. The van der Waals surface area contributed by atoms with Crippen molar-refractivity contribution in [1.82, 2.24) is 10.4 Å². The fourth-order valence-corrected chi connectivity index (χ4v) is 1.76. The van der Waals surface area contributed by atoms with Crippen LogP contribution in [0.4, 0.5) is 0 Å². The van der Waals surface area contributed by atoms with E-state index in [1.807, 2.05) is 0 Å². The van der Waals surface area contributed by atoms with Gasteiger partial charge in [0.2, 0.25) is 0 Å². The highest BCUT2D eigenvalue weighted by atomic mass is 16.5. The summed E-state index contributed by atoms with van der Waals surface area (Å²) in [5.74, 6) is 0.753. The number of nitrogens with one attached hydrogen (secondary N) is 1. The minimum atomic E-state index is 0.327. The molecule has 0 aromatic rings. The Bertz CT molecular complexity index is 120. The fourth-order valence-electron chi connectivity index (χ4n) is 1.76. The third-order valence-electron chi connectivity index (χ3n) is 2.39. The summed E-state index contributed by atoms with van der Waals surface area (Å²) in [4.78, 5) is 2.47. The van der Waals surface area contributed by atoms with Crippen LogP contribution in [-0.2, 0) is 0 Å². The van der Waals surface area contributed by atoms with Gasteiger partial charge >= 0.3 is 0 Å². The van der Waals surface area contributed by atoms with E-state index in [1.54, 1.807) is 0 Å². The van der Waals surface area contributed by atoms with Gasteiger partial charge < -0.3 is 10.1 Å². The normalized spacial score (nSPS) is 22.0. The van der Waals surface area contributed by atoms with E-state index in [9.17, 15) is 0 Å². The lowest BCUT2D eigenvalue weighted by Gasteiger charge is -2.32. The van der Waals surface area contributed by atoms with Gasteiger partial charge in [-0.2, -0.15) is 0 Å². The first-order valence-electron chi connectivity index (χ1n) is 4.84. The minimum Gasteiger partial charge on any atom is -0.317 e. The predicted octanol–water partition coefficient (Wildman–Crippen LogP) is 1.09. The zero-order chi connectivity index (χ0) is 8.97. The lowest BCUT2D eigenvalue weighted by atomic mass is 10.0. The zero-order valence-corrected chi connectivity index (χ0v) is 8.08. The summed E-state index contributed by atoms with van der Waals surface area (Å²) in [6.45, 7) is 7.93. The molecule has 0 radical (unpaired) electrons. The third-order valence-corrected chi connectivity index (χ3v) is 2.39. The van der Waals surface area contributed by atoms with Crippen LogP contribution in [0.3, 0.4) is 0 Å². The highest BCUT2D eigenvalue weighted by Crippen LogP contribution is 2.11. The molecule has 0 saturated carbocycles. The molecule has 0 unspecified atom stereocenters. The Labute approximate surface area is 74.7 Å². The van der Waals surface area contributed by atoms with Crippen molar-refractivity contribution in [2.75, 3.05) is 19.6 Å². The van der Waals surface area contributed by atoms with Crippen LogP contribution in [0.25, 0.3) is 0 Å². The Morgan fingerprint density at radius 3 is 2.42 bits per heavy atom. The first kappa shape index (κ1) is 9.96. The summed E-state index contributed by atoms with van der Waals surface area (Å²) in [5.41, 5.74) is 2.35. The van der Waals surface area contributed by atoms with Crippen LogP contribution in [-0.4, -0.2) is 35.8 Å². The summed E-state index contributed by atoms with van der Waals surface area (Å²) in [6.07, 6.45) is 2.15. The van der Waals surface area contributed by atoms with Gasteiger partial charge in [0.25, 0.3) is 0 Å². The second-order valence-electron chi connectivity index (χ2n) is 4.10. The number of rotatable bonds is 3. The maximum atomic E-state index is 8.69. The van der Waals surface area contributed by atoms with E-state index in [0.29, 0.717) is 6.04 Å². The number of nitrogens with zero attached hydrogens (tertiary/aromatic N) is 1. The van der Waals surface area contributed by atoms with Gasteiger partial charge in [-0.3, -0.25) is 0 Å². The molecule has 0 spiro atoms. The second kappa shape index (κ2) is 4.80. The topological polar surface area (TPSA) is 35.5 Å². The molecule has 3 heteroatoms. The van der Waals surface area contributed by atoms with E-state index in [2.05, 4.69) is 24.2 Å². The molecule has 1 heterocycles. The van der Waals surface area contributed by atoms with Crippen LogP contribution in [0.15, 0.2) is 0 Å². The van der Waals surface area contributed by atoms with Crippen molar-refractivity contribution in [1.29, 1.82) is 0 Å². The Kier molecular flexibility index (Phi) is 3.98. The molecular weight excluding hydrogens is 152 g/mol. The molecule has 72 valence electrons. The first-order chi connectivity index (χ1) is 5.72. The summed E-state index contributed by atoms with van der Waals surface area (Å²) < 4.78 is 0. The smallest absolute Gasteiger partial charge is 0.0344 e. The van der Waals surface area contributed by atoms with Gasteiger partial charge in [-0.05, 0) is 31.8 Å². The van der Waals surface area contributed by atoms with Crippen LogP contribution in [0.1, 0.15) is 26.7 Å². The fraction of sp³-hybridized carbons (Fsp3) is 1.00. The van der Waals surface area contributed by atoms with Crippen molar-refractivity contribution < 1.29 is 5.21 Å². The molecule has 0 aromatic carbocycles. The Balaban J connectivity index is 2.17. The maximum Gasteiger partial charge on any atom is 0.0344 e. The van der Waals surface area contributed by atoms with Crippen molar-refractivity contribution in [3.8, 4) is 0 Å². The monoisotopic (exact) mass is 172 g/mol. The Hall–Kier alpha value is -0.120. The predicted molar refractivity (Wildman–Crippen MR) is 49.2 cm³/mol. The lowest BCUT2D eigenvalue weighted by Crippen LogP contribution is -2.42. The van der Waals surface area contributed by atoms with Gasteiger partial charge in [-0.25, -0.2) is 5.48 Å². The molecule has 0 bridgehead atoms. The molecule has 1 aliphatic rings. The van der Waals surface area contributed by atoms with Crippen LogP contribution in [0, 0.1) is 5.92 Å². The van der Waals surface area contributed by atoms with Gasteiger partial charge in [0, 0.05) is 12.6 Å². The van der Waals surface area contributed by atoms with E-state index in [4.69, 9.17) is 5.21 Å². The van der Waals surface area contributed by atoms with E-state index < -0.39 is 0 Å². The minimum absolute atomic E-state index is 0.327. The van der Waals surface area contributed by atoms with E-state index in [0.717, 1.165) is 31.8 Å². The average molecular weight is 172 g/mol. The number of likely N-dealkylation sites (tertiary alicyclic amines) is 1. The molecule has 0 aromatic heterocycles. The van der Waals surface area contributed by atoms with Crippen LogP contribution in [0.5, 0.6) is 0 Å². The molecule has 0 amide bonds. The van der Waals surface area contributed by atoms with Gasteiger partial charge in [-0.1, -0.05) is 13.8 Å². The molecule has 3 nitrogen and oxygen atoms in total. The van der Waals surface area contributed by atoms with Crippen molar-refractivity contribution >= 4 is 0 Å². The molecule has 0 aliphatic carbocycles. The average Bonchev–Trinajstić information content (AvgIpc) is 2.05. The molecule has 2 N–H and O–H groups in total. The van der Waals surface area contributed by atoms with Gasteiger partial charge in [0.05, 0.1) is 0 Å². The highest BCUT2D eigenvalue weighted by molar-refractivity contribution is 4.74. The molecular formula is C9H20N2O. The first-order valence-corrected chi connectivity index (χ1v) is 4.84. The largest absolute Gasteiger partial charge is 0.317 e. The summed E-state index contributed by atoms with van der Waals surface area (Å²) >= 11 is 0. The van der Waals surface area contributed by atoms with Crippen LogP contribution < -0.4 is 5.48 Å². The van der Waals surface area contributed by atoms with Crippen molar-refractivity contribution in [2.45, 2.75) is 32.7 Å². The number of hydrogen-bond donors (Lipinski definition) is 2. The lowest BCUT2D eigenvalue weighted by molar-refractivity contribution is 0.0793. The molecule has 1 aliphatic heterocycles. The van der Waals surface area contributed by atoms with E-state index >= 15 is 0 Å². The highest BCUT2D eigenvalue weighted by Gasteiger charge is 2.18. The van der Waals surface area contributed by atoms with Crippen molar-refractivity contribution in [3.05, 3.63) is 0 Å². The maximum absolute atomic E-state index is 8.69. The van der Waals surface area contributed by atoms with Crippen molar-refractivity contribution in [3.63, 3.8) is 0 Å². The molecule has 1 rings (SSSR count). The van der Waals surface area contributed by atoms with Crippen LogP contribution >= 0.6 is 0 Å². The van der Waals surface area contributed by atoms with Gasteiger partial charge in [0.1, 0.15) is 0 Å². The van der Waals surface area contributed by atoms with Gasteiger partial charge in [-0.15, -0.1) is 0 Å². The second-order valence-corrected chi connectivity index (χ2v) is 4.10. The SMILES string of the molecule is CC(C)CN1CCC(NO)CC1. The number of hydrogen-bond acceptors (Lipinski definition) is 3. The Morgan fingerprint density at radius 1 is 1.42 bits per heavy atom. The molecule has 0 atom stereocenters. The molecule has 1 fully saturated rings. The summed E-state index contributed by atoms with van der Waals surface area (Å²) in [5, 5.41) is 8.69. The van der Waals surface area contributed by atoms with E-state index in [-0.39, 0.29) is 0 Å². The summed E-state index contributed by atoms with van der Waals surface area (Å²) in [6, 6.07) is 0.327. The Morgan fingerprint density at radius 2 is 2.00 bits per heavy atom. The van der Waals surface area contributed by atoms with Gasteiger partial charge in [0.15, 0.2) is 0 Å². The molecule has 12 heavy (non-hydrogen) atoms. The number of hydroxylamine groups is 1. The van der Waals surface area contributed by atoms with E-state index in [1.165, 1.54) is 6.54 Å². The van der Waals surface area contributed by atoms with Crippen molar-refractivity contribution in [2.24, 2.45) is 5.92 Å². The standard InChI is InChI=1S/C9H20N2O/c1-8(2)7-11-5-3-9(10-12)4-6-11/h8-10,12H,3-7H2,1-2H3. The quantitative estimate of drug-likeness (QED) is 0.625. The third kappa shape index (κ3) is 3.09. The number of piperidine rings is 1.